The minimum absolute atomic E-state index is 0.126. The molecule has 1 N–H and O–H groups in total. The van der Waals surface area contributed by atoms with E-state index in [2.05, 4.69) is 31.7 Å². The second kappa shape index (κ2) is 5.81. The lowest BCUT2D eigenvalue weighted by Gasteiger charge is -2.45. The molecular weight excluding hydrogens is 236 g/mol. The Morgan fingerprint density at radius 1 is 1.11 bits per heavy atom. The molecule has 3 nitrogen and oxygen atoms in total. The van der Waals surface area contributed by atoms with Crippen molar-refractivity contribution < 1.29 is 5.11 Å². The summed E-state index contributed by atoms with van der Waals surface area (Å²) in [4.78, 5) is 2.47. The fourth-order valence-corrected chi connectivity index (χ4v) is 3.70. The Hall–Kier alpha value is -0.590. The number of nitrogens with zero attached hydrogens (tertiary/aromatic N) is 2. The molecular formula is C16H28N2O. The molecule has 0 aromatic rings. The molecule has 2 aliphatic rings. The molecule has 3 unspecified atom stereocenters. The van der Waals surface area contributed by atoms with E-state index in [1.165, 1.54) is 6.42 Å². The first-order valence-corrected chi connectivity index (χ1v) is 7.73. The van der Waals surface area contributed by atoms with Crippen LogP contribution in [0.1, 0.15) is 52.9 Å². The minimum Gasteiger partial charge on any atom is -0.393 e. The Morgan fingerprint density at radius 3 is 2.26 bits per heavy atom. The smallest absolute Gasteiger partial charge is 0.0672 e. The monoisotopic (exact) mass is 264 g/mol. The first-order chi connectivity index (χ1) is 8.91. The number of piperidine rings is 1. The Kier molecular flexibility index (Phi) is 4.53. The van der Waals surface area contributed by atoms with Crippen LogP contribution in [0.15, 0.2) is 0 Å². The van der Waals surface area contributed by atoms with E-state index in [1.54, 1.807) is 0 Å². The van der Waals surface area contributed by atoms with Crippen molar-refractivity contribution in [3.63, 3.8) is 0 Å². The van der Waals surface area contributed by atoms with E-state index in [0.717, 1.165) is 38.8 Å². The van der Waals surface area contributed by atoms with Crippen LogP contribution in [-0.2, 0) is 0 Å². The highest BCUT2D eigenvalue weighted by molar-refractivity contribution is 5.00. The van der Waals surface area contributed by atoms with E-state index in [1.807, 2.05) is 0 Å². The van der Waals surface area contributed by atoms with Crippen LogP contribution in [-0.4, -0.2) is 35.2 Å². The van der Waals surface area contributed by atoms with E-state index in [9.17, 15) is 10.4 Å². The van der Waals surface area contributed by atoms with E-state index >= 15 is 0 Å². The fraction of sp³-hybridized carbons (Fsp3) is 0.938. The van der Waals surface area contributed by atoms with Gasteiger partial charge in [0.05, 0.1) is 18.1 Å². The number of rotatable bonds is 1. The van der Waals surface area contributed by atoms with Gasteiger partial charge < -0.3 is 5.11 Å². The predicted octanol–water partition coefficient (Wildman–Crippen LogP) is 2.80. The molecule has 0 spiro atoms. The molecule has 0 bridgehead atoms. The van der Waals surface area contributed by atoms with Gasteiger partial charge in [0.25, 0.3) is 0 Å². The summed E-state index contributed by atoms with van der Waals surface area (Å²) in [6.45, 7) is 8.88. The number of nitriles is 1. The lowest BCUT2D eigenvalue weighted by atomic mass is 9.67. The molecule has 2 fully saturated rings. The topological polar surface area (TPSA) is 47.3 Å². The van der Waals surface area contributed by atoms with Crippen molar-refractivity contribution in [3.8, 4) is 6.07 Å². The van der Waals surface area contributed by atoms with Gasteiger partial charge in [0, 0.05) is 19.1 Å². The van der Waals surface area contributed by atoms with Crippen LogP contribution in [0.2, 0.25) is 0 Å². The van der Waals surface area contributed by atoms with Gasteiger partial charge in [0.1, 0.15) is 0 Å². The lowest BCUT2D eigenvalue weighted by molar-refractivity contribution is 0.0149. The van der Waals surface area contributed by atoms with Gasteiger partial charge >= 0.3 is 0 Å². The molecule has 0 aromatic heterocycles. The normalized spacial score (nSPS) is 35.0. The average molecular weight is 264 g/mol. The van der Waals surface area contributed by atoms with Crippen LogP contribution < -0.4 is 0 Å². The van der Waals surface area contributed by atoms with Gasteiger partial charge in [-0.05, 0) is 43.4 Å². The Labute approximate surface area is 117 Å². The zero-order valence-corrected chi connectivity index (χ0v) is 12.6. The highest BCUT2D eigenvalue weighted by Gasteiger charge is 2.39. The van der Waals surface area contributed by atoms with Gasteiger partial charge in [0.15, 0.2) is 0 Å². The van der Waals surface area contributed by atoms with Crippen LogP contribution in [0.3, 0.4) is 0 Å². The first kappa shape index (κ1) is 14.8. The molecule has 1 saturated carbocycles. The summed E-state index contributed by atoms with van der Waals surface area (Å²) >= 11 is 0. The highest BCUT2D eigenvalue weighted by atomic mass is 16.3. The summed E-state index contributed by atoms with van der Waals surface area (Å²) in [5, 5.41) is 19.0. The van der Waals surface area contributed by atoms with E-state index < -0.39 is 0 Å². The van der Waals surface area contributed by atoms with E-state index in [-0.39, 0.29) is 12.0 Å². The maximum atomic E-state index is 9.64. The number of hydrogen-bond donors (Lipinski definition) is 1. The maximum absolute atomic E-state index is 9.64. The van der Waals surface area contributed by atoms with Crippen molar-refractivity contribution in [2.24, 2.45) is 17.3 Å². The third kappa shape index (κ3) is 3.49. The Balaban J connectivity index is 2.04. The lowest BCUT2D eigenvalue weighted by Crippen LogP contribution is -2.49. The fourth-order valence-electron chi connectivity index (χ4n) is 3.70. The van der Waals surface area contributed by atoms with Gasteiger partial charge in [-0.3, -0.25) is 4.90 Å². The minimum atomic E-state index is -0.126. The third-order valence-corrected chi connectivity index (χ3v) is 5.18. The van der Waals surface area contributed by atoms with Crippen molar-refractivity contribution in [1.82, 2.24) is 4.90 Å². The average Bonchev–Trinajstić information content (AvgIpc) is 2.38. The summed E-state index contributed by atoms with van der Waals surface area (Å²) in [7, 11) is 0. The van der Waals surface area contributed by atoms with Crippen LogP contribution >= 0.6 is 0 Å². The molecule has 2 rings (SSSR count). The standard InChI is InChI=1S/C16H28N2O/c1-16(2,3)13-5-4-12(11-17)15(10-13)18-8-6-14(19)7-9-18/h12-15,19H,4-10H2,1-3H3. The van der Waals surface area contributed by atoms with Gasteiger partial charge in [-0.15, -0.1) is 0 Å². The van der Waals surface area contributed by atoms with Gasteiger partial charge in [-0.25, -0.2) is 0 Å². The molecule has 19 heavy (non-hydrogen) atoms. The molecule has 1 saturated heterocycles. The van der Waals surface area contributed by atoms with Gasteiger partial charge in [-0.1, -0.05) is 20.8 Å². The van der Waals surface area contributed by atoms with Crippen molar-refractivity contribution >= 4 is 0 Å². The SMILES string of the molecule is CC(C)(C)C1CCC(C#N)C(N2CCC(O)CC2)C1. The van der Waals surface area contributed by atoms with Crippen LogP contribution in [0.25, 0.3) is 0 Å². The predicted molar refractivity (Wildman–Crippen MR) is 76.5 cm³/mol. The molecule has 3 heteroatoms. The zero-order valence-electron chi connectivity index (χ0n) is 12.6. The molecule has 0 aromatic carbocycles. The third-order valence-electron chi connectivity index (χ3n) is 5.18. The molecule has 1 aliphatic carbocycles. The second-order valence-corrected chi connectivity index (χ2v) is 7.45. The quantitative estimate of drug-likeness (QED) is 0.792. The molecule has 0 amide bonds. The zero-order chi connectivity index (χ0) is 14.0. The largest absolute Gasteiger partial charge is 0.393 e. The van der Waals surface area contributed by atoms with Gasteiger partial charge in [0.2, 0.25) is 0 Å². The van der Waals surface area contributed by atoms with Gasteiger partial charge in [-0.2, -0.15) is 5.26 Å². The Bertz CT molecular complexity index is 334. The summed E-state index contributed by atoms with van der Waals surface area (Å²) < 4.78 is 0. The number of aliphatic hydroxyl groups is 1. The summed E-state index contributed by atoms with van der Waals surface area (Å²) in [6, 6.07) is 2.94. The molecule has 3 atom stereocenters. The maximum Gasteiger partial charge on any atom is 0.0672 e. The van der Waals surface area contributed by atoms with Crippen LogP contribution in [0, 0.1) is 28.6 Å². The number of likely N-dealkylation sites (tertiary alicyclic amines) is 1. The Morgan fingerprint density at radius 2 is 1.74 bits per heavy atom. The van der Waals surface area contributed by atoms with Crippen molar-refractivity contribution in [3.05, 3.63) is 0 Å². The van der Waals surface area contributed by atoms with Crippen LogP contribution in [0.5, 0.6) is 0 Å². The molecule has 0 radical (unpaired) electrons. The van der Waals surface area contributed by atoms with E-state index in [4.69, 9.17) is 0 Å². The molecule has 1 aliphatic heterocycles. The van der Waals surface area contributed by atoms with Crippen molar-refractivity contribution in [2.45, 2.75) is 65.0 Å². The first-order valence-electron chi connectivity index (χ1n) is 7.73. The highest BCUT2D eigenvalue weighted by Crippen LogP contribution is 2.41. The summed E-state index contributed by atoms with van der Waals surface area (Å²) in [6.07, 6.45) is 5.00. The van der Waals surface area contributed by atoms with Crippen molar-refractivity contribution in [1.29, 1.82) is 5.26 Å². The summed E-state index contributed by atoms with van der Waals surface area (Å²) in [5.41, 5.74) is 0.341. The molecule has 1 heterocycles. The number of aliphatic hydroxyl groups excluding tert-OH is 1. The molecule has 108 valence electrons. The van der Waals surface area contributed by atoms with Crippen molar-refractivity contribution in [2.75, 3.05) is 13.1 Å². The van der Waals surface area contributed by atoms with Crippen LogP contribution in [0.4, 0.5) is 0 Å². The number of hydrogen-bond acceptors (Lipinski definition) is 3. The summed E-state index contributed by atoms with van der Waals surface area (Å²) in [5.74, 6) is 0.905. The van der Waals surface area contributed by atoms with E-state index in [0.29, 0.717) is 17.4 Å². The second-order valence-electron chi connectivity index (χ2n) is 7.45.